The van der Waals surface area contributed by atoms with Crippen molar-refractivity contribution in [3.8, 4) is 11.5 Å². The van der Waals surface area contributed by atoms with Crippen LogP contribution in [0.1, 0.15) is 47.8 Å². The van der Waals surface area contributed by atoms with Crippen molar-refractivity contribution in [3.05, 3.63) is 70.4 Å². The van der Waals surface area contributed by atoms with E-state index >= 15 is 0 Å². The Labute approximate surface area is 170 Å². The minimum atomic E-state index is -0.168. The van der Waals surface area contributed by atoms with Crippen molar-refractivity contribution in [1.29, 1.82) is 0 Å². The molecule has 1 N–H and O–H groups in total. The molecule has 0 saturated heterocycles. The number of carbonyl (C=O) groups excluding carboxylic acids is 2. The molecule has 5 nitrogen and oxygen atoms in total. The topological polar surface area (TPSA) is 64.6 Å². The van der Waals surface area contributed by atoms with E-state index < -0.39 is 0 Å². The lowest BCUT2D eigenvalue weighted by Crippen LogP contribution is -2.38. The molecule has 1 aliphatic heterocycles. The molecule has 0 unspecified atom stereocenters. The molecule has 2 atom stereocenters. The van der Waals surface area contributed by atoms with Gasteiger partial charge >= 0.3 is 0 Å². The van der Waals surface area contributed by atoms with E-state index in [1.165, 1.54) is 0 Å². The number of benzene rings is 2. The van der Waals surface area contributed by atoms with E-state index in [0.29, 0.717) is 30.8 Å². The van der Waals surface area contributed by atoms with Crippen molar-refractivity contribution in [3.63, 3.8) is 0 Å². The number of ether oxygens (including phenoxy) is 2. The quantitative estimate of drug-likeness (QED) is 0.855. The van der Waals surface area contributed by atoms with Gasteiger partial charge in [-0.1, -0.05) is 30.3 Å². The Hall–Kier alpha value is -3.08. The van der Waals surface area contributed by atoms with Gasteiger partial charge in [0.05, 0.1) is 14.2 Å². The fourth-order valence-corrected chi connectivity index (χ4v) is 4.55. The summed E-state index contributed by atoms with van der Waals surface area (Å²) in [5.74, 6) is 1.21. The second kappa shape index (κ2) is 7.74. The highest BCUT2D eigenvalue weighted by Crippen LogP contribution is 2.44. The van der Waals surface area contributed by atoms with Crippen LogP contribution in [0.4, 0.5) is 0 Å². The monoisotopic (exact) mass is 391 g/mol. The first kappa shape index (κ1) is 19.2. The van der Waals surface area contributed by atoms with Gasteiger partial charge in [0.2, 0.25) is 5.91 Å². The number of aryl methyl sites for hydroxylation is 1. The average Bonchev–Trinajstić information content (AvgIpc) is 2.72. The molecule has 2 aromatic carbocycles. The Balaban J connectivity index is 1.71. The van der Waals surface area contributed by atoms with Crippen LogP contribution < -0.4 is 14.8 Å². The molecule has 0 radical (unpaired) electrons. The molecule has 0 saturated carbocycles. The fraction of sp³-hybridized carbons (Fsp3) is 0.333. The minimum absolute atomic E-state index is 0.00280. The van der Waals surface area contributed by atoms with Gasteiger partial charge in [-0.25, -0.2) is 0 Å². The molecule has 4 rings (SSSR count). The summed E-state index contributed by atoms with van der Waals surface area (Å²) in [6, 6.07) is 13.7. The third-order valence-electron chi connectivity index (χ3n) is 5.98. The number of hydrogen-bond donors (Lipinski definition) is 1. The molecule has 1 amide bonds. The van der Waals surface area contributed by atoms with Crippen LogP contribution in [-0.4, -0.2) is 25.9 Å². The second-order valence-electron chi connectivity index (χ2n) is 7.70. The smallest absolute Gasteiger partial charge is 0.225 e. The maximum absolute atomic E-state index is 13.2. The van der Waals surface area contributed by atoms with Crippen LogP contribution in [0.2, 0.25) is 0 Å². The van der Waals surface area contributed by atoms with Crippen LogP contribution in [0.5, 0.6) is 11.5 Å². The lowest BCUT2D eigenvalue weighted by molar-refractivity contribution is -0.122. The van der Waals surface area contributed by atoms with E-state index in [9.17, 15) is 9.59 Å². The van der Waals surface area contributed by atoms with E-state index in [0.717, 1.165) is 28.0 Å². The third kappa shape index (κ3) is 3.53. The third-order valence-corrected chi connectivity index (χ3v) is 5.98. The highest BCUT2D eigenvalue weighted by molar-refractivity contribution is 6.02. The van der Waals surface area contributed by atoms with Crippen LogP contribution in [0, 0.1) is 6.92 Å². The molecule has 150 valence electrons. The van der Waals surface area contributed by atoms with E-state index in [4.69, 9.17) is 9.47 Å². The first-order valence-electron chi connectivity index (χ1n) is 9.85. The first-order valence-corrected chi connectivity index (χ1v) is 9.85. The van der Waals surface area contributed by atoms with E-state index in [-0.39, 0.29) is 23.5 Å². The van der Waals surface area contributed by atoms with Gasteiger partial charge in [0.25, 0.3) is 0 Å². The summed E-state index contributed by atoms with van der Waals surface area (Å²) in [5, 5.41) is 2.98. The SMILES string of the molecule is COc1ccc([C@@H]2CC(=O)C3=C(C2)NC(=O)C[C@@H]3c2ccccc2C)cc1OC. The number of Topliss-reactive ketones (excluding diaryl/α,β-unsaturated/α-hetero) is 1. The average molecular weight is 391 g/mol. The Morgan fingerprint density at radius 3 is 2.41 bits per heavy atom. The van der Waals surface area contributed by atoms with Gasteiger partial charge in [-0.2, -0.15) is 0 Å². The molecular weight excluding hydrogens is 366 g/mol. The minimum Gasteiger partial charge on any atom is -0.493 e. The summed E-state index contributed by atoms with van der Waals surface area (Å²) in [6.07, 6.45) is 1.37. The number of nitrogens with one attached hydrogen (secondary N) is 1. The zero-order valence-electron chi connectivity index (χ0n) is 17.0. The molecule has 1 aliphatic carbocycles. The molecule has 29 heavy (non-hydrogen) atoms. The highest BCUT2D eigenvalue weighted by Gasteiger charge is 2.38. The van der Waals surface area contributed by atoms with Crippen molar-refractivity contribution in [2.45, 2.75) is 38.0 Å². The molecule has 2 aromatic rings. The predicted octanol–water partition coefficient (Wildman–Crippen LogP) is 4.02. The van der Waals surface area contributed by atoms with Gasteiger partial charge in [-0.15, -0.1) is 0 Å². The van der Waals surface area contributed by atoms with Gasteiger partial charge in [-0.05, 0) is 48.1 Å². The van der Waals surface area contributed by atoms with Gasteiger partial charge < -0.3 is 14.8 Å². The number of ketones is 1. The molecule has 0 aromatic heterocycles. The second-order valence-corrected chi connectivity index (χ2v) is 7.70. The maximum atomic E-state index is 13.2. The standard InChI is InChI=1S/C24H25NO4/c1-14-6-4-5-7-17(14)18-13-23(27)25-19-10-16(11-20(26)24(18)19)15-8-9-21(28-2)22(12-15)29-3/h4-9,12,16,18H,10-11,13H2,1-3H3,(H,25,27)/t16-,18+/m0/s1. The molecule has 0 fully saturated rings. The van der Waals surface area contributed by atoms with Gasteiger partial charge in [0.15, 0.2) is 17.3 Å². The van der Waals surface area contributed by atoms with Crippen LogP contribution in [0.15, 0.2) is 53.7 Å². The van der Waals surface area contributed by atoms with Gasteiger partial charge in [0, 0.05) is 30.0 Å². The zero-order valence-corrected chi connectivity index (χ0v) is 17.0. The van der Waals surface area contributed by atoms with Crippen molar-refractivity contribution in [2.24, 2.45) is 0 Å². The number of amides is 1. The summed E-state index contributed by atoms with van der Waals surface area (Å²) < 4.78 is 10.7. The summed E-state index contributed by atoms with van der Waals surface area (Å²) in [4.78, 5) is 25.7. The van der Waals surface area contributed by atoms with Crippen molar-refractivity contribution in [1.82, 2.24) is 5.32 Å². The molecule has 0 spiro atoms. The fourth-order valence-electron chi connectivity index (χ4n) is 4.55. The predicted molar refractivity (Wildman–Crippen MR) is 110 cm³/mol. The number of methoxy groups -OCH3 is 2. The lowest BCUT2D eigenvalue weighted by atomic mass is 9.73. The Kier molecular flexibility index (Phi) is 5.14. The first-order chi connectivity index (χ1) is 14.0. The van der Waals surface area contributed by atoms with Crippen LogP contribution in [0.3, 0.4) is 0 Å². The van der Waals surface area contributed by atoms with E-state index in [2.05, 4.69) is 5.32 Å². The molecule has 5 heteroatoms. The van der Waals surface area contributed by atoms with Crippen LogP contribution in [0.25, 0.3) is 0 Å². The molecular formula is C24H25NO4. The van der Waals surface area contributed by atoms with Crippen molar-refractivity contribution in [2.75, 3.05) is 14.2 Å². The number of rotatable bonds is 4. The van der Waals surface area contributed by atoms with E-state index in [1.54, 1.807) is 14.2 Å². The number of carbonyl (C=O) groups is 2. The van der Waals surface area contributed by atoms with Crippen LogP contribution >= 0.6 is 0 Å². The largest absolute Gasteiger partial charge is 0.493 e. The van der Waals surface area contributed by atoms with Gasteiger partial charge in [0.1, 0.15) is 0 Å². The Morgan fingerprint density at radius 1 is 0.931 bits per heavy atom. The summed E-state index contributed by atoms with van der Waals surface area (Å²) >= 11 is 0. The van der Waals surface area contributed by atoms with E-state index in [1.807, 2.05) is 49.4 Å². The van der Waals surface area contributed by atoms with Crippen molar-refractivity contribution >= 4 is 11.7 Å². The normalized spacial score (nSPS) is 21.5. The maximum Gasteiger partial charge on any atom is 0.225 e. The molecule has 0 bridgehead atoms. The summed E-state index contributed by atoms with van der Waals surface area (Å²) in [7, 11) is 3.20. The summed E-state index contributed by atoms with van der Waals surface area (Å²) in [5.41, 5.74) is 4.72. The molecule has 2 aliphatic rings. The number of hydrogen-bond acceptors (Lipinski definition) is 4. The van der Waals surface area contributed by atoms with Crippen LogP contribution in [-0.2, 0) is 9.59 Å². The molecule has 1 heterocycles. The zero-order chi connectivity index (χ0) is 20.5. The Morgan fingerprint density at radius 2 is 1.69 bits per heavy atom. The Bertz CT molecular complexity index is 1010. The van der Waals surface area contributed by atoms with Crippen molar-refractivity contribution < 1.29 is 19.1 Å². The number of allylic oxidation sites excluding steroid dienone is 2. The summed E-state index contributed by atoms with van der Waals surface area (Å²) in [6.45, 7) is 2.03. The van der Waals surface area contributed by atoms with Gasteiger partial charge in [-0.3, -0.25) is 9.59 Å². The highest BCUT2D eigenvalue weighted by atomic mass is 16.5. The lowest BCUT2D eigenvalue weighted by Gasteiger charge is -2.35.